The minimum Gasteiger partial charge on any atom is -0.389 e. The lowest BCUT2D eigenvalue weighted by atomic mass is 10.3. The number of aliphatic hydroxyl groups is 1. The lowest BCUT2D eigenvalue weighted by Gasteiger charge is -2.19. The second kappa shape index (κ2) is 6.34. The molecule has 0 aliphatic carbocycles. The molecule has 2 heterocycles. The summed E-state index contributed by atoms with van der Waals surface area (Å²) in [6, 6.07) is 6.32. The molecule has 21 heavy (non-hydrogen) atoms. The number of rotatable bonds is 3. The van der Waals surface area contributed by atoms with Gasteiger partial charge in [-0.1, -0.05) is 6.07 Å². The molecule has 112 valence electrons. The van der Waals surface area contributed by atoms with Crippen LogP contribution in [0.4, 0.5) is 4.39 Å². The molecular weight excluding hydrogens is 273 g/mol. The van der Waals surface area contributed by atoms with Crippen molar-refractivity contribution >= 4 is 0 Å². The SMILES string of the molecule is OC1COCCN(Cc2cnn(-c3cccc(F)c3)c2)C1. The van der Waals surface area contributed by atoms with Gasteiger partial charge in [0.25, 0.3) is 0 Å². The summed E-state index contributed by atoms with van der Waals surface area (Å²) >= 11 is 0. The van der Waals surface area contributed by atoms with Crippen LogP contribution in [-0.4, -0.2) is 52.2 Å². The Labute approximate surface area is 122 Å². The molecule has 0 amide bonds. The molecule has 1 aromatic carbocycles. The van der Waals surface area contributed by atoms with E-state index in [2.05, 4.69) is 10.00 Å². The maximum atomic E-state index is 13.2. The average Bonchev–Trinajstić information content (AvgIpc) is 2.82. The summed E-state index contributed by atoms with van der Waals surface area (Å²) in [6.07, 6.45) is 3.20. The number of β-amino-alcohol motifs (C(OH)–C–C–N with tert-alkyl or cyclic N) is 1. The zero-order valence-electron chi connectivity index (χ0n) is 11.7. The first kappa shape index (κ1) is 14.2. The minimum absolute atomic E-state index is 0.280. The van der Waals surface area contributed by atoms with Gasteiger partial charge in [-0.15, -0.1) is 0 Å². The highest BCUT2D eigenvalue weighted by molar-refractivity contribution is 5.31. The maximum Gasteiger partial charge on any atom is 0.125 e. The Morgan fingerprint density at radius 3 is 3.19 bits per heavy atom. The molecule has 0 radical (unpaired) electrons. The van der Waals surface area contributed by atoms with Crippen LogP contribution in [0.15, 0.2) is 36.7 Å². The quantitative estimate of drug-likeness (QED) is 0.923. The average molecular weight is 291 g/mol. The van der Waals surface area contributed by atoms with E-state index in [9.17, 15) is 9.50 Å². The fourth-order valence-electron chi connectivity index (χ4n) is 2.46. The molecule has 1 N–H and O–H groups in total. The Hall–Kier alpha value is -1.76. The van der Waals surface area contributed by atoms with Gasteiger partial charge in [-0.2, -0.15) is 5.10 Å². The van der Waals surface area contributed by atoms with E-state index in [0.717, 1.165) is 12.1 Å². The fraction of sp³-hybridized carbons (Fsp3) is 0.400. The molecule has 6 heteroatoms. The van der Waals surface area contributed by atoms with Gasteiger partial charge < -0.3 is 9.84 Å². The van der Waals surface area contributed by atoms with Crippen molar-refractivity contribution in [1.29, 1.82) is 0 Å². The van der Waals surface area contributed by atoms with Gasteiger partial charge in [0.15, 0.2) is 0 Å². The van der Waals surface area contributed by atoms with E-state index in [-0.39, 0.29) is 5.82 Å². The first-order valence-corrected chi connectivity index (χ1v) is 6.98. The zero-order valence-corrected chi connectivity index (χ0v) is 11.7. The van der Waals surface area contributed by atoms with Crippen molar-refractivity contribution in [2.24, 2.45) is 0 Å². The third kappa shape index (κ3) is 3.66. The summed E-state index contributed by atoms with van der Waals surface area (Å²) in [5.41, 5.74) is 1.72. The Morgan fingerprint density at radius 1 is 1.43 bits per heavy atom. The van der Waals surface area contributed by atoms with E-state index >= 15 is 0 Å². The smallest absolute Gasteiger partial charge is 0.125 e. The number of halogens is 1. The standard InChI is InChI=1S/C15H18FN3O2/c16-13-2-1-3-14(6-13)19-9-12(7-17-19)8-18-4-5-21-11-15(20)10-18/h1-3,6-7,9,15,20H,4-5,8,10-11H2. The molecule has 1 unspecified atom stereocenters. The van der Waals surface area contributed by atoms with Gasteiger partial charge >= 0.3 is 0 Å². The van der Waals surface area contributed by atoms with E-state index in [1.165, 1.54) is 12.1 Å². The van der Waals surface area contributed by atoms with E-state index in [1.54, 1.807) is 16.9 Å². The molecular formula is C15H18FN3O2. The van der Waals surface area contributed by atoms with Crippen LogP contribution in [0.2, 0.25) is 0 Å². The molecule has 0 spiro atoms. The summed E-state index contributed by atoms with van der Waals surface area (Å²) in [6.45, 7) is 3.07. The largest absolute Gasteiger partial charge is 0.389 e. The Bertz CT molecular complexity index is 602. The van der Waals surface area contributed by atoms with Gasteiger partial charge in [0.1, 0.15) is 5.82 Å². The van der Waals surface area contributed by atoms with Gasteiger partial charge in [-0.3, -0.25) is 4.90 Å². The van der Waals surface area contributed by atoms with Crippen LogP contribution in [0, 0.1) is 5.82 Å². The molecule has 1 aliphatic heterocycles. The predicted molar refractivity (Wildman–Crippen MR) is 75.6 cm³/mol. The molecule has 3 rings (SSSR count). The minimum atomic E-state index is -0.453. The summed E-state index contributed by atoms with van der Waals surface area (Å²) in [7, 11) is 0. The van der Waals surface area contributed by atoms with E-state index in [1.807, 2.05) is 12.3 Å². The molecule has 2 aromatic rings. The Balaban J connectivity index is 1.70. The number of hydrogen-bond acceptors (Lipinski definition) is 4. The van der Waals surface area contributed by atoms with Crippen molar-refractivity contribution in [1.82, 2.24) is 14.7 Å². The van der Waals surface area contributed by atoms with Crippen LogP contribution in [0.25, 0.3) is 5.69 Å². The molecule has 1 saturated heterocycles. The van der Waals surface area contributed by atoms with Gasteiger partial charge in [-0.25, -0.2) is 9.07 Å². The number of aliphatic hydroxyl groups excluding tert-OH is 1. The first-order valence-electron chi connectivity index (χ1n) is 6.98. The number of hydrogen-bond donors (Lipinski definition) is 1. The third-order valence-corrected chi connectivity index (χ3v) is 3.45. The predicted octanol–water partition coefficient (Wildman–Crippen LogP) is 1.20. The van der Waals surface area contributed by atoms with Gasteiger partial charge in [0, 0.05) is 31.4 Å². The topological polar surface area (TPSA) is 50.5 Å². The number of ether oxygens (including phenoxy) is 1. The number of aromatic nitrogens is 2. The Morgan fingerprint density at radius 2 is 2.33 bits per heavy atom. The molecule has 5 nitrogen and oxygen atoms in total. The highest BCUT2D eigenvalue weighted by Crippen LogP contribution is 2.12. The first-order chi connectivity index (χ1) is 10.2. The molecule has 1 aliphatic rings. The van der Waals surface area contributed by atoms with E-state index < -0.39 is 6.10 Å². The van der Waals surface area contributed by atoms with Crippen molar-refractivity contribution < 1.29 is 14.2 Å². The molecule has 1 fully saturated rings. The maximum absolute atomic E-state index is 13.2. The monoisotopic (exact) mass is 291 g/mol. The summed E-state index contributed by atoms with van der Waals surface area (Å²) in [5, 5.41) is 14.0. The molecule has 1 atom stereocenters. The van der Waals surface area contributed by atoms with Crippen molar-refractivity contribution in [3.05, 3.63) is 48.0 Å². The van der Waals surface area contributed by atoms with Crippen LogP contribution >= 0.6 is 0 Å². The van der Waals surface area contributed by atoms with Crippen molar-refractivity contribution in [2.75, 3.05) is 26.3 Å². The van der Waals surface area contributed by atoms with Crippen LogP contribution in [-0.2, 0) is 11.3 Å². The van der Waals surface area contributed by atoms with E-state index in [0.29, 0.717) is 32.0 Å². The summed E-state index contributed by atoms with van der Waals surface area (Å²) < 4.78 is 20.2. The van der Waals surface area contributed by atoms with Crippen LogP contribution in [0.3, 0.4) is 0 Å². The second-order valence-electron chi connectivity index (χ2n) is 5.24. The lowest BCUT2D eigenvalue weighted by molar-refractivity contribution is 0.0562. The van der Waals surface area contributed by atoms with E-state index in [4.69, 9.17) is 4.74 Å². The van der Waals surface area contributed by atoms with Crippen molar-refractivity contribution in [3.63, 3.8) is 0 Å². The Kier molecular flexibility index (Phi) is 4.28. The van der Waals surface area contributed by atoms with Crippen LogP contribution in [0.1, 0.15) is 5.56 Å². The highest BCUT2D eigenvalue weighted by Gasteiger charge is 2.17. The summed E-state index contributed by atoms with van der Waals surface area (Å²) in [5.74, 6) is -0.280. The highest BCUT2D eigenvalue weighted by atomic mass is 19.1. The van der Waals surface area contributed by atoms with Crippen LogP contribution < -0.4 is 0 Å². The van der Waals surface area contributed by atoms with Gasteiger partial charge in [0.05, 0.1) is 31.2 Å². The van der Waals surface area contributed by atoms with Crippen molar-refractivity contribution in [3.8, 4) is 5.69 Å². The normalized spacial score (nSPS) is 20.4. The third-order valence-electron chi connectivity index (χ3n) is 3.45. The second-order valence-corrected chi connectivity index (χ2v) is 5.24. The molecule has 0 saturated carbocycles. The lowest BCUT2D eigenvalue weighted by Crippen LogP contribution is -2.32. The summed E-state index contributed by atoms with van der Waals surface area (Å²) in [4.78, 5) is 2.13. The van der Waals surface area contributed by atoms with Crippen LogP contribution in [0.5, 0.6) is 0 Å². The van der Waals surface area contributed by atoms with Gasteiger partial charge in [-0.05, 0) is 18.2 Å². The molecule has 1 aromatic heterocycles. The fourth-order valence-corrected chi connectivity index (χ4v) is 2.46. The zero-order chi connectivity index (χ0) is 14.7. The van der Waals surface area contributed by atoms with Gasteiger partial charge in [0.2, 0.25) is 0 Å². The molecule has 0 bridgehead atoms. The number of benzene rings is 1. The van der Waals surface area contributed by atoms with Crippen molar-refractivity contribution in [2.45, 2.75) is 12.6 Å². The number of nitrogens with zero attached hydrogens (tertiary/aromatic N) is 3.